The maximum absolute atomic E-state index is 14.4. The van der Waals surface area contributed by atoms with Crippen molar-refractivity contribution >= 4 is 27.2 Å². The van der Waals surface area contributed by atoms with E-state index in [2.05, 4.69) is 35.0 Å². The number of carbonyl (C=O) groups is 2. The normalized spacial score (nSPS) is 39.2. The molecule has 300 valence electrons. The number of hydrogen-bond donors (Lipinski definition) is 4. The quantitative estimate of drug-likeness (QED) is 0.0877. The van der Waals surface area contributed by atoms with Gasteiger partial charge in [-0.05, 0) is 75.4 Å². The molecule has 0 bridgehead atoms. The highest BCUT2D eigenvalue weighted by atomic mass is 31.3. The molecule has 1 aliphatic heterocycles. The summed E-state index contributed by atoms with van der Waals surface area (Å²) in [6.07, 6.45) is 10.8. The van der Waals surface area contributed by atoms with Crippen LogP contribution in [-0.4, -0.2) is 83.0 Å². The largest absolute Gasteiger partial charge is 0.481 e. The Morgan fingerprint density at radius 1 is 1.13 bits per heavy atom. The molecule has 6 rings (SSSR count). The Hall–Kier alpha value is -1.98. The van der Waals surface area contributed by atoms with Gasteiger partial charge in [-0.1, -0.05) is 57.8 Å². The van der Waals surface area contributed by atoms with Crippen molar-refractivity contribution in [1.82, 2.24) is 5.32 Å². The number of aliphatic hydroxyl groups is 1. The molecule has 12 atom stereocenters. The van der Waals surface area contributed by atoms with Gasteiger partial charge in [-0.3, -0.25) is 18.6 Å². The van der Waals surface area contributed by atoms with Gasteiger partial charge in [-0.25, -0.2) is 9.13 Å². The first-order valence-electron chi connectivity index (χ1n) is 19.2. The molecule has 4 N–H and O–H groups in total. The number of allylic oxidation sites excluding steroid dienone is 4. The van der Waals surface area contributed by atoms with Gasteiger partial charge in [0.05, 0.1) is 25.4 Å². The lowest BCUT2D eigenvalue weighted by atomic mass is 9.46. The fraction of sp³-hybridized carbons (Fsp3) is 0.737. The molecule has 0 spiro atoms. The van der Waals surface area contributed by atoms with Gasteiger partial charge in [0.25, 0.3) is 0 Å². The first-order valence-corrected chi connectivity index (χ1v) is 22.2. The molecule has 0 aromatic heterocycles. The van der Waals surface area contributed by atoms with E-state index in [-0.39, 0.29) is 49.2 Å². The molecule has 1 heterocycles. The number of rotatable bonds is 16. The minimum atomic E-state index is -5.32. The Labute approximate surface area is 317 Å². The number of hydrogen-bond acceptors (Lipinski definition) is 12. The third-order valence-electron chi connectivity index (χ3n) is 12.5. The van der Waals surface area contributed by atoms with E-state index < -0.39 is 69.6 Å². The Morgan fingerprint density at radius 2 is 1.91 bits per heavy atom. The molecule has 4 unspecified atom stereocenters. The Morgan fingerprint density at radius 3 is 2.69 bits per heavy atom. The second-order valence-corrected chi connectivity index (χ2v) is 19.0. The summed E-state index contributed by atoms with van der Waals surface area (Å²) in [7, 11) is -10.4. The van der Waals surface area contributed by atoms with E-state index in [4.69, 9.17) is 23.3 Å². The van der Waals surface area contributed by atoms with E-state index in [0.29, 0.717) is 37.8 Å². The Balaban J connectivity index is 1.07. The van der Waals surface area contributed by atoms with Crippen LogP contribution in [0, 0.1) is 40.4 Å². The molecule has 14 nitrogen and oxygen atoms in total. The number of ketones is 2. The van der Waals surface area contributed by atoms with Crippen LogP contribution in [0.15, 0.2) is 36.1 Å². The van der Waals surface area contributed by atoms with Crippen LogP contribution in [0.1, 0.15) is 91.4 Å². The Kier molecular flexibility index (Phi) is 12.7. The van der Waals surface area contributed by atoms with Crippen LogP contribution in [-0.2, 0) is 46.3 Å². The van der Waals surface area contributed by atoms with Gasteiger partial charge >= 0.3 is 15.6 Å². The summed E-state index contributed by atoms with van der Waals surface area (Å²) >= 11 is 0. The number of ether oxygens (including phenoxy) is 3. The van der Waals surface area contributed by atoms with Crippen molar-refractivity contribution < 1.29 is 61.2 Å². The first-order chi connectivity index (χ1) is 25.5. The van der Waals surface area contributed by atoms with Gasteiger partial charge in [0, 0.05) is 35.4 Å². The fourth-order valence-electron chi connectivity index (χ4n) is 10.2. The molecule has 4 fully saturated rings. The van der Waals surface area contributed by atoms with E-state index in [1.807, 2.05) is 19.9 Å². The van der Waals surface area contributed by atoms with Crippen LogP contribution >= 0.6 is 15.6 Å². The summed E-state index contributed by atoms with van der Waals surface area (Å²) in [5.74, 6) is 5.10. The summed E-state index contributed by atoms with van der Waals surface area (Å²) in [5, 5.41) is 14.8. The van der Waals surface area contributed by atoms with Gasteiger partial charge in [0.2, 0.25) is 0 Å². The number of Topliss-reactive ketones (excluding diaryl/α,β-unsaturated/α-hetero) is 1. The average Bonchev–Trinajstić information content (AvgIpc) is 3.56. The van der Waals surface area contributed by atoms with Crippen LogP contribution < -0.4 is 5.32 Å². The molecule has 6 aliphatic rings. The lowest BCUT2D eigenvalue weighted by Gasteiger charge is -2.59. The van der Waals surface area contributed by atoms with Crippen molar-refractivity contribution in [2.24, 2.45) is 28.6 Å². The van der Waals surface area contributed by atoms with Crippen molar-refractivity contribution in [1.29, 1.82) is 0 Å². The summed E-state index contributed by atoms with van der Waals surface area (Å²) < 4.78 is 58.8. The van der Waals surface area contributed by atoms with Crippen molar-refractivity contribution in [2.45, 2.75) is 122 Å². The van der Waals surface area contributed by atoms with E-state index in [9.17, 15) is 33.6 Å². The molecular formula is C38H55NO13P2. The summed E-state index contributed by atoms with van der Waals surface area (Å²) in [6, 6.07) is 0. The molecular weight excluding hydrogens is 740 g/mol. The SMILES string of the molecule is C=C(COC1C#CCCCCC1)NCCOP(=O)(O)OP(=O)(O)OCC(=O)[C@@]12OC(CCC)O[C@@H]1C[C@H]1[C@@H]3CCC4=CC(=O)C=C[C@]4(C)[C@H]3[C@@H](O)C[C@@]12C. The fourth-order valence-corrected chi connectivity index (χ4v) is 12.2. The number of aliphatic hydroxyl groups excluding tert-OH is 1. The van der Waals surface area contributed by atoms with Gasteiger partial charge < -0.3 is 34.4 Å². The van der Waals surface area contributed by atoms with Crippen molar-refractivity contribution in [3.05, 3.63) is 36.1 Å². The third kappa shape index (κ3) is 8.34. The minimum Gasteiger partial charge on any atom is -0.393 e. The predicted octanol–water partition coefficient (Wildman–Crippen LogP) is 5.43. The van der Waals surface area contributed by atoms with Crippen molar-refractivity contribution in [3.8, 4) is 11.8 Å². The van der Waals surface area contributed by atoms with Crippen LogP contribution in [0.5, 0.6) is 0 Å². The van der Waals surface area contributed by atoms with Gasteiger partial charge in [-0.2, -0.15) is 4.31 Å². The smallest absolute Gasteiger partial charge is 0.393 e. The van der Waals surface area contributed by atoms with Gasteiger partial charge in [0.1, 0.15) is 12.7 Å². The summed E-state index contributed by atoms with van der Waals surface area (Å²) in [5.41, 5.74) is -1.61. The van der Waals surface area contributed by atoms with Gasteiger partial charge in [0.15, 0.2) is 23.5 Å². The first kappa shape index (κ1) is 41.6. The number of phosphoric acid groups is 2. The van der Waals surface area contributed by atoms with Crippen LogP contribution in [0.25, 0.3) is 0 Å². The average molecular weight is 796 g/mol. The molecule has 0 aromatic rings. The maximum atomic E-state index is 14.4. The molecule has 5 aliphatic carbocycles. The second-order valence-electron chi connectivity index (χ2n) is 15.9. The number of phosphoric ester groups is 2. The highest BCUT2D eigenvalue weighted by Crippen LogP contribution is 2.70. The highest BCUT2D eigenvalue weighted by Gasteiger charge is 2.76. The van der Waals surface area contributed by atoms with E-state index in [1.165, 1.54) is 0 Å². The standard InChI is InChI=1S/C38H55NO13P2/c1-5-11-34-50-33-21-30-29-15-14-26-20-27(40)16-17-36(26,3)35(29)31(41)22-37(30,4)38(33,51-34)32(42)24-49-54(45,46)52-53(43,44)48-19-18-39-25(2)23-47-28-12-9-7-6-8-10-13-28/h16-17,20,28-31,33-35,39,41H,2,5-9,11-12,14-15,18-19,21-24H2,1,3-4H3,(H,43,44)(H,45,46)/t28?,29-,30-,31-,33+,34?,35+,36-,37-,38+/m0/s1. The lowest BCUT2D eigenvalue weighted by molar-refractivity contribution is -0.200. The lowest BCUT2D eigenvalue weighted by Crippen LogP contribution is -2.63. The van der Waals surface area contributed by atoms with Crippen molar-refractivity contribution in [3.63, 3.8) is 0 Å². The topological polar surface area (TPSA) is 196 Å². The monoisotopic (exact) mass is 795 g/mol. The van der Waals surface area contributed by atoms with Crippen molar-refractivity contribution in [2.75, 3.05) is 26.4 Å². The predicted molar refractivity (Wildman–Crippen MR) is 196 cm³/mol. The molecule has 3 saturated carbocycles. The number of carbonyl (C=O) groups excluding carboxylic acids is 2. The second kappa shape index (κ2) is 16.5. The summed E-state index contributed by atoms with van der Waals surface area (Å²) in [6.45, 7) is 8.61. The zero-order valence-electron chi connectivity index (χ0n) is 31.4. The molecule has 16 heteroatoms. The molecule has 54 heavy (non-hydrogen) atoms. The number of nitrogens with one attached hydrogen (secondary N) is 1. The van der Waals surface area contributed by atoms with Crippen LogP contribution in [0.4, 0.5) is 0 Å². The maximum Gasteiger partial charge on any atom is 0.481 e. The zero-order chi connectivity index (χ0) is 38.9. The molecule has 0 radical (unpaired) electrons. The summed E-state index contributed by atoms with van der Waals surface area (Å²) in [4.78, 5) is 47.3. The third-order valence-corrected chi connectivity index (χ3v) is 15.1. The minimum absolute atomic E-state index is 0.0142. The van der Waals surface area contributed by atoms with Crippen LogP contribution in [0.2, 0.25) is 0 Å². The zero-order valence-corrected chi connectivity index (χ0v) is 33.2. The van der Waals surface area contributed by atoms with E-state index in [0.717, 1.165) is 37.7 Å². The van der Waals surface area contributed by atoms with Gasteiger partial charge in [-0.15, -0.1) is 5.92 Å². The van der Waals surface area contributed by atoms with E-state index >= 15 is 0 Å². The van der Waals surface area contributed by atoms with Crippen LogP contribution in [0.3, 0.4) is 0 Å². The van der Waals surface area contributed by atoms with E-state index in [1.54, 1.807) is 12.2 Å². The molecule has 1 saturated heterocycles. The highest BCUT2D eigenvalue weighted by molar-refractivity contribution is 7.61. The molecule has 0 aromatic carbocycles. The number of fused-ring (bicyclic) bond motifs is 7. The molecule has 0 amide bonds. The Bertz CT molecular complexity index is 1690.